The van der Waals surface area contributed by atoms with Gasteiger partial charge in [-0.25, -0.2) is 4.79 Å². The van der Waals surface area contributed by atoms with Crippen molar-refractivity contribution in [3.05, 3.63) is 73.2 Å². The van der Waals surface area contributed by atoms with Gasteiger partial charge in [-0.15, -0.1) is 23.1 Å². The van der Waals surface area contributed by atoms with Crippen molar-refractivity contribution < 1.29 is 38.0 Å². The van der Waals surface area contributed by atoms with Gasteiger partial charge in [0.25, 0.3) is 0 Å². The van der Waals surface area contributed by atoms with Crippen molar-refractivity contribution in [3.63, 3.8) is 0 Å². The largest absolute Gasteiger partial charge is 0.480 e. The van der Waals surface area contributed by atoms with E-state index in [9.17, 15) is 18.9 Å². The van der Waals surface area contributed by atoms with Gasteiger partial charge in [-0.3, -0.25) is 14.2 Å². The minimum absolute atomic E-state index is 0.0223. The Morgan fingerprint density at radius 3 is 2.23 bits per heavy atom. The molecule has 0 saturated carbocycles. The van der Waals surface area contributed by atoms with Crippen molar-refractivity contribution >= 4 is 83.2 Å². The van der Waals surface area contributed by atoms with Crippen LogP contribution in [-0.2, 0) is 30.7 Å². The van der Waals surface area contributed by atoms with E-state index in [2.05, 4.69) is 49.6 Å². The van der Waals surface area contributed by atoms with E-state index < -0.39 is 30.6 Å². The van der Waals surface area contributed by atoms with Gasteiger partial charge < -0.3 is 45.2 Å². The standard InChI is InChI=1S/C15H14Cl2N2O3.C15H22ClNO2.C8H14ClN5.C5H12NO4P/c1-5-6-21-12-8-11(9(16)7-10(12)17)19-14(20)22-13(18-19)15(2,3)4;1-5-13-8-6-7-11(2)15(13)17(14(18)9-16)12(3)10-19-4;1-4-10-7-12-6(9)13-8(14-7)11-5(2)3;1-11(9,10)3-2-4(6)5(7)8/h1,7-8H,6H2,2-4H3;6-8,12H,5,9-10H2,1-4H3;5H,4H2,1-3H3,(H2,10,11,12,13,14);4H,2-3,6H2,1H3,(H,7,8)(H,9,10). The summed E-state index contributed by atoms with van der Waals surface area (Å²) >= 11 is 23.7. The van der Waals surface area contributed by atoms with Gasteiger partial charge >= 0.3 is 11.7 Å². The zero-order valence-electron chi connectivity index (χ0n) is 39.1. The molecular weight excluding hydrogens is 959 g/mol. The maximum absolute atomic E-state index is 12.2. The molecule has 0 aliphatic rings. The van der Waals surface area contributed by atoms with Gasteiger partial charge in [-0.2, -0.15) is 19.6 Å². The van der Waals surface area contributed by atoms with Crippen LogP contribution >= 0.6 is 53.8 Å². The third kappa shape index (κ3) is 20.6. The van der Waals surface area contributed by atoms with Gasteiger partial charge in [0.15, 0.2) is 7.37 Å². The van der Waals surface area contributed by atoms with Gasteiger partial charge in [0.05, 0.1) is 34.1 Å². The Morgan fingerprint density at radius 2 is 1.73 bits per heavy atom. The number of amides is 1. The number of aliphatic carboxylic acids is 1. The number of aromatic nitrogens is 5. The number of terminal acetylenes is 1. The zero-order chi connectivity index (χ0) is 50.5. The average molecular weight is 1020 g/mol. The van der Waals surface area contributed by atoms with Crippen molar-refractivity contribution in [3.8, 4) is 23.8 Å². The van der Waals surface area contributed by atoms with Gasteiger partial charge in [0.2, 0.25) is 29.0 Å². The molecule has 18 nitrogen and oxygen atoms in total. The summed E-state index contributed by atoms with van der Waals surface area (Å²) in [6.45, 7) is 20.2. The lowest BCUT2D eigenvalue weighted by atomic mass is 9.97. The lowest BCUT2D eigenvalue weighted by Crippen LogP contribution is -2.43. The van der Waals surface area contributed by atoms with Gasteiger partial charge in [-0.1, -0.05) is 75.0 Å². The summed E-state index contributed by atoms with van der Waals surface area (Å²) in [6, 6.07) is 8.24. The number of rotatable bonds is 17. The van der Waals surface area contributed by atoms with E-state index in [1.54, 1.807) is 12.0 Å². The number of nitrogens with one attached hydrogen (secondary N) is 2. The van der Waals surface area contributed by atoms with Crippen LogP contribution in [0.15, 0.2) is 39.5 Å². The van der Waals surface area contributed by atoms with Gasteiger partial charge in [0.1, 0.15) is 24.3 Å². The number of alkyl halides is 1. The first-order valence-electron chi connectivity index (χ1n) is 20.6. The number of aryl methyl sites for hydroxylation is 2. The lowest BCUT2D eigenvalue weighted by molar-refractivity contribution is -0.138. The number of halogens is 4. The molecule has 2 aromatic carbocycles. The number of carbonyl (C=O) groups is 2. The Morgan fingerprint density at radius 1 is 1.09 bits per heavy atom. The number of anilines is 3. The molecule has 2 heterocycles. The van der Waals surface area contributed by atoms with Crippen molar-refractivity contribution in [1.29, 1.82) is 0 Å². The quantitative estimate of drug-likeness (QED) is 0.0381. The first-order chi connectivity index (χ1) is 30.7. The molecular formula is C43H62Cl4N9O9P. The summed E-state index contributed by atoms with van der Waals surface area (Å²) in [6.07, 6.45) is 6.03. The van der Waals surface area contributed by atoms with Crippen LogP contribution in [0.1, 0.15) is 78.8 Å². The summed E-state index contributed by atoms with van der Waals surface area (Å²) in [5.74, 6) is 2.05. The molecule has 0 bridgehead atoms. The summed E-state index contributed by atoms with van der Waals surface area (Å²) in [4.78, 5) is 56.9. The molecule has 4 rings (SSSR count). The molecule has 66 heavy (non-hydrogen) atoms. The fourth-order valence-corrected chi connectivity index (χ4v) is 6.94. The number of hydrogen-bond acceptors (Lipinski definition) is 14. The Bertz CT molecular complexity index is 2330. The first kappa shape index (κ1) is 59.6. The number of carboxylic acid groups (broad SMARTS) is 1. The van der Waals surface area contributed by atoms with E-state index in [0.717, 1.165) is 34.5 Å². The molecule has 0 spiro atoms. The number of ether oxygens (including phenoxy) is 2. The van der Waals surface area contributed by atoms with E-state index in [0.29, 0.717) is 35.8 Å². The lowest BCUT2D eigenvalue weighted by Gasteiger charge is -2.31. The number of para-hydroxylation sites is 1. The molecule has 3 atom stereocenters. The van der Waals surface area contributed by atoms with E-state index in [-0.39, 0.29) is 58.4 Å². The Labute approximate surface area is 406 Å². The Hall–Kier alpha value is -4.44. The minimum atomic E-state index is -3.10. The number of carbonyl (C=O) groups excluding carboxylic acids is 1. The number of methoxy groups -OCH3 is 1. The second-order valence-electron chi connectivity index (χ2n) is 15.8. The van der Waals surface area contributed by atoms with Crippen molar-refractivity contribution in [2.24, 2.45) is 5.73 Å². The van der Waals surface area contributed by atoms with E-state index in [4.69, 9.17) is 82.5 Å². The topological polar surface area (TPSA) is 250 Å². The summed E-state index contributed by atoms with van der Waals surface area (Å²) in [7, 11) is -1.47. The maximum Gasteiger partial charge on any atom is 0.442 e. The van der Waals surface area contributed by atoms with Crippen LogP contribution in [0.2, 0.25) is 15.3 Å². The minimum Gasteiger partial charge on any atom is -0.480 e. The Kier molecular flexibility index (Phi) is 25.9. The van der Waals surface area contributed by atoms with E-state index in [1.807, 2.05) is 67.5 Å². The van der Waals surface area contributed by atoms with Crippen molar-refractivity contribution in [2.45, 2.75) is 98.7 Å². The fourth-order valence-electron chi connectivity index (χ4n) is 5.38. The summed E-state index contributed by atoms with van der Waals surface area (Å²) < 4.78 is 27.4. The molecule has 3 unspecified atom stereocenters. The highest BCUT2D eigenvalue weighted by Gasteiger charge is 2.26. The van der Waals surface area contributed by atoms with Crippen LogP contribution in [0.3, 0.4) is 0 Å². The normalized spacial score (nSPS) is 12.6. The average Bonchev–Trinajstić information content (AvgIpc) is 3.62. The number of carboxylic acids is 1. The monoisotopic (exact) mass is 1020 g/mol. The summed E-state index contributed by atoms with van der Waals surface area (Å²) in [5.41, 5.74) is 8.20. The highest BCUT2D eigenvalue weighted by Crippen LogP contribution is 2.36. The molecule has 366 valence electrons. The van der Waals surface area contributed by atoms with Gasteiger partial charge in [-0.05, 0) is 76.3 Å². The molecule has 0 fully saturated rings. The third-order valence-electron chi connectivity index (χ3n) is 8.44. The predicted molar refractivity (Wildman–Crippen MR) is 264 cm³/mol. The maximum atomic E-state index is 12.2. The highest BCUT2D eigenvalue weighted by molar-refractivity contribution is 7.57. The van der Waals surface area contributed by atoms with Crippen LogP contribution in [0.5, 0.6) is 5.75 Å². The fraction of sp³-hybridized carbons (Fsp3) is 0.512. The second-order valence-corrected chi connectivity index (χ2v) is 19.8. The number of hydrogen-bond donors (Lipinski definition) is 5. The third-order valence-corrected chi connectivity index (χ3v) is 10.5. The molecule has 4 aromatic rings. The molecule has 0 aliphatic heterocycles. The van der Waals surface area contributed by atoms with Crippen LogP contribution < -0.4 is 31.8 Å². The van der Waals surface area contributed by atoms with E-state index >= 15 is 0 Å². The number of nitrogens with two attached hydrogens (primary N) is 1. The SMILES string of the molecule is C#CCOc1cc(-n2nc(C(C)(C)C)oc2=O)c(Cl)cc1Cl.CCNc1nc(Cl)nc(NC(C)C)n1.CCc1cccc(C)c1N(C(=O)CCl)C(C)COC.CP(=O)(O)CCC(N)C(=O)O. The Balaban J connectivity index is 0.000000455. The number of nitrogens with zero attached hydrogens (tertiary/aromatic N) is 6. The highest BCUT2D eigenvalue weighted by atomic mass is 35.5. The number of benzene rings is 2. The predicted octanol–water partition coefficient (Wildman–Crippen LogP) is 8.07. The van der Waals surface area contributed by atoms with Gasteiger partial charge in [0, 0.05) is 44.0 Å². The summed E-state index contributed by atoms with van der Waals surface area (Å²) in [5, 5.41) is 19.2. The van der Waals surface area contributed by atoms with Crippen molar-refractivity contribution in [1.82, 2.24) is 24.7 Å². The molecule has 2 aromatic heterocycles. The second kappa shape index (κ2) is 28.7. The molecule has 23 heteroatoms. The molecule has 6 N–H and O–H groups in total. The molecule has 0 aliphatic carbocycles. The smallest absolute Gasteiger partial charge is 0.442 e. The molecule has 0 saturated heterocycles. The van der Waals surface area contributed by atoms with E-state index in [1.165, 1.54) is 18.8 Å². The van der Waals surface area contributed by atoms with Crippen LogP contribution in [0.4, 0.5) is 17.6 Å². The van der Waals surface area contributed by atoms with Crippen LogP contribution in [0.25, 0.3) is 5.69 Å². The first-order valence-corrected chi connectivity index (χ1v) is 24.5. The zero-order valence-corrected chi connectivity index (χ0v) is 43.0. The van der Waals surface area contributed by atoms with Crippen LogP contribution in [0, 0.1) is 19.3 Å². The molecule has 1 amide bonds. The van der Waals surface area contributed by atoms with Crippen molar-refractivity contribution in [2.75, 3.05) is 61.1 Å². The van der Waals surface area contributed by atoms with Crippen LogP contribution in [-0.4, -0.2) is 110 Å². The molecule has 0 radical (unpaired) electrons.